The third-order valence-corrected chi connectivity index (χ3v) is 4.11. The molecule has 2 aromatic heterocycles. The number of hydrogen-bond donors (Lipinski definition) is 2. The van der Waals surface area contributed by atoms with Crippen LogP contribution in [0, 0.1) is 0 Å². The second kappa shape index (κ2) is 4.50. The lowest BCUT2D eigenvalue weighted by molar-refractivity contribution is 1.12. The van der Waals surface area contributed by atoms with Gasteiger partial charge in [-0.1, -0.05) is 0 Å². The van der Waals surface area contributed by atoms with E-state index in [0.717, 1.165) is 23.1 Å². The predicted octanol–water partition coefficient (Wildman–Crippen LogP) is 4.00. The third-order valence-electron chi connectivity index (χ3n) is 2.56. The van der Waals surface area contributed by atoms with Crippen molar-refractivity contribution in [2.24, 2.45) is 0 Å². The van der Waals surface area contributed by atoms with Gasteiger partial charge in [0.15, 0.2) is 0 Å². The van der Waals surface area contributed by atoms with Crippen LogP contribution in [0.25, 0.3) is 10.9 Å². The zero-order valence-electron chi connectivity index (χ0n) is 8.90. The van der Waals surface area contributed by atoms with E-state index < -0.39 is 0 Å². The molecule has 0 bridgehead atoms. The molecular weight excluding hydrogens is 298 g/mol. The fourth-order valence-corrected chi connectivity index (χ4v) is 2.90. The number of anilines is 1. The molecular formula is C12H10BrN3S. The number of nitrogens with zero attached hydrogens (tertiary/aromatic N) is 1. The summed E-state index contributed by atoms with van der Waals surface area (Å²) in [6.07, 6.45) is 1.83. The molecule has 0 aliphatic rings. The summed E-state index contributed by atoms with van der Waals surface area (Å²) in [5.74, 6) is 0. The zero-order valence-corrected chi connectivity index (χ0v) is 11.3. The number of fused-ring (bicyclic) bond motifs is 1. The Morgan fingerprint density at radius 1 is 1.35 bits per heavy atom. The topological polar surface area (TPSA) is 40.7 Å². The molecule has 0 saturated carbocycles. The lowest BCUT2D eigenvalue weighted by atomic mass is 10.2. The number of halogens is 1. The van der Waals surface area contributed by atoms with E-state index in [9.17, 15) is 0 Å². The second-order valence-electron chi connectivity index (χ2n) is 3.78. The highest BCUT2D eigenvalue weighted by Gasteiger charge is 1.99. The largest absolute Gasteiger partial charge is 0.381 e. The van der Waals surface area contributed by atoms with Crippen molar-refractivity contribution >= 4 is 43.9 Å². The van der Waals surface area contributed by atoms with Crippen LogP contribution in [0.3, 0.4) is 0 Å². The van der Waals surface area contributed by atoms with Crippen molar-refractivity contribution in [3.63, 3.8) is 0 Å². The van der Waals surface area contributed by atoms with E-state index in [4.69, 9.17) is 0 Å². The minimum atomic E-state index is 0.835. The summed E-state index contributed by atoms with van der Waals surface area (Å²) in [6.45, 7) is 0.835. The van der Waals surface area contributed by atoms with E-state index in [0.29, 0.717) is 0 Å². The SMILES string of the molecule is Brc1cc(CNc2ccc3cn[nH]c3c2)cs1. The van der Waals surface area contributed by atoms with Gasteiger partial charge < -0.3 is 5.32 Å². The first-order valence-corrected chi connectivity index (χ1v) is 6.88. The quantitative estimate of drug-likeness (QED) is 0.768. The zero-order chi connectivity index (χ0) is 11.7. The molecule has 3 nitrogen and oxygen atoms in total. The minimum absolute atomic E-state index is 0.835. The van der Waals surface area contributed by atoms with E-state index in [1.807, 2.05) is 6.20 Å². The molecule has 0 amide bonds. The van der Waals surface area contributed by atoms with Gasteiger partial charge in [0.25, 0.3) is 0 Å². The average Bonchev–Trinajstić information content (AvgIpc) is 2.94. The van der Waals surface area contributed by atoms with Crippen LogP contribution < -0.4 is 5.32 Å². The van der Waals surface area contributed by atoms with E-state index >= 15 is 0 Å². The summed E-state index contributed by atoms with van der Waals surface area (Å²) in [5.41, 5.74) is 3.44. The van der Waals surface area contributed by atoms with Crippen molar-refractivity contribution in [3.05, 3.63) is 45.2 Å². The van der Waals surface area contributed by atoms with Gasteiger partial charge in [0.1, 0.15) is 0 Å². The molecule has 2 heterocycles. The molecule has 3 rings (SSSR count). The number of rotatable bonds is 3. The van der Waals surface area contributed by atoms with Crippen LogP contribution in [0.4, 0.5) is 5.69 Å². The maximum absolute atomic E-state index is 4.01. The highest BCUT2D eigenvalue weighted by atomic mass is 79.9. The van der Waals surface area contributed by atoms with Gasteiger partial charge in [-0.3, -0.25) is 5.10 Å². The summed E-state index contributed by atoms with van der Waals surface area (Å²) in [7, 11) is 0. The minimum Gasteiger partial charge on any atom is -0.381 e. The highest BCUT2D eigenvalue weighted by Crippen LogP contribution is 2.22. The van der Waals surface area contributed by atoms with Crippen LogP contribution >= 0.6 is 27.3 Å². The van der Waals surface area contributed by atoms with E-state index in [1.54, 1.807) is 11.3 Å². The molecule has 0 aliphatic carbocycles. The van der Waals surface area contributed by atoms with Gasteiger partial charge in [-0.25, -0.2) is 0 Å². The molecule has 3 aromatic rings. The predicted molar refractivity (Wildman–Crippen MR) is 75.4 cm³/mol. The van der Waals surface area contributed by atoms with Gasteiger partial charge in [0.05, 0.1) is 15.5 Å². The van der Waals surface area contributed by atoms with Crippen molar-refractivity contribution < 1.29 is 0 Å². The lowest BCUT2D eigenvalue weighted by Crippen LogP contribution is -1.97. The Morgan fingerprint density at radius 2 is 2.29 bits per heavy atom. The van der Waals surface area contributed by atoms with Gasteiger partial charge >= 0.3 is 0 Å². The first-order chi connectivity index (χ1) is 8.31. The maximum Gasteiger partial charge on any atom is 0.0701 e. The molecule has 0 atom stereocenters. The first-order valence-electron chi connectivity index (χ1n) is 5.21. The average molecular weight is 308 g/mol. The summed E-state index contributed by atoms with van der Waals surface area (Å²) >= 11 is 5.17. The number of benzene rings is 1. The number of thiophene rings is 1. The lowest BCUT2D eigenvalue weighted by Gasteiger charge is -2.04. The molecule has 0 fully saturated rings. The molecule has 0 aliphatic heterocycles. The molecule has 86 valence electrons. The summed E-state index contributed by atoms with van der Waals surface area (Å²) in [4.78, 5) is 0. The van der Waals surface area contributed by atoms with Crippen LogP contribution in [0.1, 0.15) is 5.56 Å². The van der Waals surface area contributed by atoms with Crippen LogP contribution in [0.15, 0.2) is 39.6 Å². The van der Waals surface area contributed by atoms with Crippen molar-refractivity contribution in [3.8, 4) is 0 Å². The van der Waals surface area contributed by atoms with Crippen molar-refractivity contribution in [2.75, 3.05) is 5.32 Å². The molecule has 0 radical (unpaired) electrons. The van der Waals surface area contributed by atoms with Gasteiger partial charge in [-0.15, -0.1) is 11.3 Å². The van der Waals surface area contributed by atoms with E-state index in [-0.39, 0.29) is 0 Å². The Labute approximate surface area is 111 Å². The van der Waals surface area contributed by atoms with Crippen molar-refractivity contribution in [1.29, 1.82) is 0 Å². The Kier molecular flexibility index (Phi) is 2.86. The molecule has 2 N–H and O–H groups in total. The Balaban J connectivity index is 1.76. The van der Waals surface area contributed by atoms with Crippen molar-refractivity contribution in [1.82, 2.24) is 10.2 Å². The fourth-order valence-electron chi connectivity index (χ4n) is 1.69. The van der Waals surface area contributed by atoms with Crippen LogP contribution in [-0.4, -0.2) is 10.2 Å². The summed E-state index contributed by atoms with van der Waals surface area (Å²) in [6, 6.07) is 8.33. The number of hydrogen-bond acceptors (Lipinski definition) is 3. The number of aromatic amines is 1. The molecule has 0 spiro atoms. The molecule has 5 heteroatoms. The van der Waals surface area contributed by atoms with Gasteiger partial charge in [0.2, 0.25) is 0 Å². The number of H-pyrrole nitrogens is 1. The van der Waals surface area contributed by atoms with Crippen molar-refractivity contribution in [2.45, 2.75) is 6.54 Å². The monoisotopic (exact) mass is 307 g/mol. The molecule has 17 heavy (non-hydrogen) atoms. The Bertz CT molecular complexity index is 644. The van der Waals surface area contributed by atoms with Crippen LogP contribution in [0.2, 0.25) is 0 Å². The molecule has 0 saturated heterocycles. The third kappa shape index (κ3) is 2.35. The van der Waals surface area contributed by atoms with Gasteiger partial charge in [0, 0.05) is 17.6 Å². The Morgan fingerprint density at radius 3 is 3.12 bits per heavy atom. The first kappa shape index (κ1) is 10.8. The van der Waals surface area contributed by atoms with Crippen LogP contribution in [-0.2, 0) is 6.54 Å². The second-order valence-corrected chi connectivity index (χ2v) is 6.08. The summed E-state index contributed by atoms with van der Waals surface area (Å²) < 4.78 is 1.17. The Hall–Kier alpha value is -1.33. The maximum atomic E-state index is 4.01. The fraction of sp³-hybridized carbons (Fsp3) is 0.0833. The smallest absolute Gasteiger partial charge is 0.0701 e. The number of aromatic nitrogens is 2. The summed E-state index contributed by atoms with van der Waals surface area (Å²) in [5, 5.41) is 13.6. The normalized spacial score (nSPS) is 10.9. The van der Waals surface area contributed by atoms with E-state index in [2.05, 4.69) is 61.1 Å². The van der Waals surface area contributed by atoms with Gasteiger partial charge in [-0.2, -0.15) is 5.10 Å². The van der Waals surface area contributed by atoms with Gasteiger partial charge in [-0.05, 0) is 51.1 Å². The highest BCUT2D eigenvalue weighted by molar-refractivity contribution is 9.11. The van der Waals surface area contributed by atoms with E-state index in [1.165, 1.54) is 9.35 Å². The molecule has 1 aromatic carbocycles. The molecule has 0 unspecified atom stereocenters. The number of nitrogens with one attached hydrogen (secondary N) is 2. The standard InChI is InChI=1S/C12H10BrN3S/c13-12-3-8(7-17-12)5-14-10-2-1-9-6-15-16-11(9)4-10/h1-4,6-7,14H,5H2,(H,15,16). The van der Waals surface area contributed by atoms with Crippen LogP contribution in [0.5, 0.6) is 0 Å².